The van der Waals surface area contributed by atoms with Crippen molar-refractivity contribution in [3.63, 3.8) is 0 Å². The molecule has 2 rings (SSSR count). The predicted molar refractivity (Wildman–Crippen MR) is 72.1 cm³/mol. The van der Waals surface area contributed by atoms with E-state index in [-0.39, 0.29) is 18.2 Å². The molecule has 4 heteroatoms. The van der Waals surface area contributed by atoms with Crippen LogP contribution in [0.4, 0.5) is 8.78 Å². The maximum absolute atomic E-state index is 14.2. The van der Waals surface area contributed by atoms with Gasteiger partial charge in [0, 0.05) is 29.9 Å². The van der Waals surface area contributed by atoms with E-state index >= 15 is 0 Å². The molecule has 0 saturated heterocycles. The number of halogens is 2. The van der Waals surface area contributed by atoms with Crippen molar-refractivity contribution in [2.45, 2.75) is 31.9 Å². The first-order valence-corrected chi connectivity index (χ1v) is 6.32. The lowest BCUT2D eigenvalue weighted by molar-refractivity contribution is -0.0228. The van der Waals surface area contributed by atoms with Crippen molar-refractivity contribution in [1.82, 2.24) is 4.57 Å². The quantitative estimate of drug-likeness (QED) is 0.883. The zero-order chi connectivity index (χ0) is 13.9. The molecule has 0 saturated carbocycles. The maximum Gasteiger partial charge on any atom is 0.290 e. The number of nitrogens with two attached hydrogens (primary N) is 1. The highest BCUT2D eigenvalue weighted by molar-refractivity contribution is 5.20. The van der Waals surface area contributed by atoms with E-state index in [1.807, 2.05) is 13.0 Å². The van der Waals surface area contributed by atoms with E-state index in [1.54, 1.807) is 35.0 Å². The van der Waals surface area contributed by atoms with Gasteiger partial charge in [0.25, 0.3) is 5.92 Å². The summed E-state index contributed by atoms with van der Waals surface area (Å²) in [6, 6.07) is 11.5. The highest BCUT2D eigenvalue weighted by Crippen LogP contribution is 2.30. The molecule has 2 N–H and O–H groups in total. The number of benzene rings is 1. The SMILES string of the molecule is CC(N)Cc1cccn1CC(F)(F)c1ccccc1. The van der Waals surface area contributed by atoms with Crippen molar-refractivity contribution in [2.75, 3.05) is 0 Å². The molecule has 0 aliphatic carbocycles. The lowest BCUT2D eigenvalue weighted by Gasteiger charge is -2.20. The van der Waals surface area contributed by atoms with E-state index in [0.717, 1.165) is 5.69 Å². The summed E-state index contributed by atoms with van der Waals surface area (Å²) in [7, 11) is 0. The normalized spacial score (nSPS) is 13.5. The Morgan fingerprint density at radius 2 is 1.84 bits per heavy atom. The number of alkyl halides is 2. The molecule has 1 aromatic heterocycles. The minimum atomic E-state index is -2.88. The lowest BCUT2D eigenvalue weighted by Crippen LogP contribution is -2.25. The van der Waals surface area contributed by atoms with Crippen molar-refractivity contribution in [2.24, 2.45) is 5.73 Å². The van der Waals surface area contributed by atoms with Gasteiger partial charge in [-0.2, -0.15) is 8.78 Å². The molecule has 2 nitrogen and oxygen atoms in total. The molecular formula is C15H18F2N2. The third-order valence-corrected chi connectivity index (χ3v) is 3.02. The monoisotopic (exact) mass is 264 g/mol. The second-order valence-electron chi connectivity index (χ2n) is 4.88. The number of aromatic nitrogens is 1. The third kappa shape index (κ3) is 3.41. The minimum absolute atomic E-state index is 0.0375. The standard InChI is InChI=1S/C15H18F2N2/c1-12(18)10-14-8-5-9-19(14)11-15(16,17)13-6-3-2-4-7-13/h2-9,12H,10-11,18H2,1H3. The Morgan fingerprint density at radius 3 is 2.47 bits per heavy atom. The van der Waals surface area contributed by atoms with Crippen LogP contribution in [0.1, 0.15) is 18.2 Å². The van der Waals surface area contributed by atoms with Gasteiger partial charge in [-0.25, -0.2) is 0 Å². The van der Waals surface area contributed by atoms with Crippen molar-refractivity contribution in [3.05, 3.63) is 59.9 Å². The summed E-state index contributed by atoms with van der Waals surface area (Å²) < 4.78 is 29.9. The van der Waals surface area contributed by atoms with E-state index in [9.17, 15) is 8.78 Å². The zero-order valence-corrected chi connectivity index (χ0v) is 10.9. The van der Waals surface area contributed by atoms with Crippen LogP contribution in [0, 0.1) is 0 Å². The number of hydrogen-bond donors (Lipinski definition) is 1. The van der Waals surface area contributed by atoms with Crippen LogP contribution in [0.25, 0.3) is 0 Å². The smallest absolute Gasteiger partial charge is 0.290 e. The van der Waals surface area contributed by atoms with Gasteiger partial charge in [-0.1, -0.05) is 30.3 Å². The Hall–Kier alpha value is -1.68. The largest absolute Gasteiger partial charge is 0.345 e. The van der Waals surface area contributed by atoms with Crippen molar-refractivity contribution < 1.29 is 8.78 Å². The van der Waals surface area contributed by atoms with Crippen LogP contribution in [-0.2, 0) is 18.9 Å². The highest BCUT2D eigenvalue weighted by atomic mass is 19.3. The number of hydrogen-bond acceptors (Lipinski definition) is 1. The fraction of sp³-hybridized carbons (Fsp3) is 0.333. The first-order chi connectivity index (χ1) is 8.99. The summed E-state index contributed by atoms with van der Waals surface area (Å²) in [6.07, 6.45) is 2.27. The van der Waals surface area contributed by atoms with Crippen molar-refractivity contribution in [1.29, 1.82) is 0 Å². The number of rotatable bonds is 5. The first kappa shape index (κ1) is 13.7. The lowest BCUT2D eigenvalue weighted by atomic mass is 10.1. The van der Waals surface area contributed by atoms with Crippen LogP contribution in [-0.4, -0.2) is 10.6 Å². The molecule has 1 unspecified atom stereocenters. The average Bonchev–Trinajstić information content (AvgIpc) is 2.76. The van der Waals surface area contributed by atoms with Crippen LogP contribution in [0.5, 0.6) is 0 Å². The Balaban J connectivity index is 2.19. The Morgan fingerprint density at radius 1 is 1.16 bits per heavy atom. The Bertz CT molecular complexity index is 518. The first-order valence-electron chi connectivity index (χ1n) is 6.32. The molecule has 0 radical (unpaired) electrons. The highest BCUT2D eigenvalue weighted by Gasteiger charge is 2.32. The molecule has 0 aliphatic rings. The van der Waals surface area contributed by atoms with Gasteiger partial charge in [0.1, 0.15) is 0 Å². The molecule has 0 fully saturated rings. The van der Waals surface area contributed by atoms with Crippen molar-refractivity contribution >= 4 is 0 Å². The summed E-state index contributed by atoms with van der Waals surface area (Å²) in [5, 5.41) is 0. The van der Waals surface area contributed by atoms with E-state index in [4.69, 9.17) is 5.73 Å². The van der Waals surface area contributed by atoms with Gasteiger partial charge in [-0.15, -0.1) is 0 Å². The summed E-state index contributed by atoms with van der Waals surface area (Å²) in [5.74, 6) is -2.88. The van der Waals surface area contributed by atoms with Crippen LogP contribution >= 0.6 is 0 Å². The molecule has 2 aromatic rings. The van der Waals surface area contributed by atoms with Gasteiger partial charge in [-0.3, -0.25) is 0 Å². The molecule has 0 aliphatic heterocycles. The van der Waals surface area contributed by atoms with E-state index in [2.05, 4.69) is 0 Å². The fourth-order valence-corrected chi connectivity index (χ4v) is 2.11. The maximum atomic E-state index is 14.2. The summed E-state index contributed by atoms with van der Waals surface area (Å²) in [5.41, 5.74) is 6.60. The summed E-state index contributed by atoms with van der Waals surface area (Å²) in [6.45, 7) is 1.51. The molecular weight excluding hydrogens is 246 g/mol. The van der Waals surface area contributed by atoms with Crippen LogP contribution in [0.2, 0.25) is 0 Å². The molecule has 1 heterocycles. The van der Waals surface area contributed by atoms with E-state index in [0.29, 0.717) is 6.42 Å². The van der Waals surface area contributed by atoms with Crippen molar-refractivity contribution in [3.8, 4) is 0 Å². The summed E-state index contributed by atoms with van der Waals surface area (Å²) in [4.78, 5) is 0. The molecule has 0 spiro atoms. The second-order valence-corrected chi connectivity index (χ2v) is 4.88. The molecule has 0 amide bonds. The molecule has 0 bridgehead atoms. The zero-order valence-electron chi connectivity index (χ0n) is 10.9. The van der Waals surface area contributed by atoms with Gasteiger partial charge in [0.05, 0.1) is 6.54 Å². The van der Waals surface area contributed by atoms with Gasteiger partial charge in [-0.05, 0) is 19.1 Å². The average molecular weight is 264 g/mol. The van der Waals surface area contributed by atoms with Crippen LogP contribution in [0.15, 0.2) is 48.7 Å². The Kier molecular flexibility index (Phi) is 4.00. The van der Waals surface area contributed by atoms with E-state index in [1.165, 1.54) is 12.1 Å². The van der Waals surface area contributed by atoms with Crippen LogP contribution < -0.4 is 5.73 Å². The Labute approximate surface area is 111 Å². The van der Waals surface area contributed by atoms with E-state index < -0.39 is 5.92 Å². The van der Waals surface area contributed by atoms with Gasteiger partial charge < -0.3 is 10.3 Å². The van der Waals surface area contributed by atoms with Crippen LogP contribution in [0.3, 0.4) is 0 Å². The minimum Gasteiger partial charge on any atom is -0.345 e. The topological polar surface area (TPSA) is 30.9 Å². The third-order valence-electron chi connectivity index (χ3n) is 3.02. The van der Waals surface area contributed by atoms with Gasteiger partial charge in [0.2, 0.25) is 0 Å². The second kappa shape index (κ2) is 5.53. The molecule has 102 valence electrons. The summed E-state index contributed by atoms with van der Waals surface area (Å²) >= 11 is 0. The molecule has 1 atom stereocenters. The molecule has 19 heavy (non-hydrogen) atoms. The molecule has 1 aromatic carbocycles. The number of nitrogens with zero attached hydrogens (tertiary/aromatic N) is 1. The fourth-order valence-electron chi connectivity index (χ4n) is 2.11. The predicted octanol–water partition coefficient (Wildman–Crippen LogP) is 3.17. The van der Waals surface area contributed by atoms with Gasteiger partial charge >= 0.3 is 0 Å². The van der Waals surface area contributed by atoms with Gasteiger partial charge in [0.15, 0.2) is 0 Å².